The van der Waals surface area contributed by atoms with E-state index in [0.29, 0.717) is 0 Å². The maximum Gasteiger partial charge on any atom is 0.0554 e. The molecule has 0 aliphatic carbocycles. The average molecular weight is 325 g/mol. The summed E-state index contributed by atoms with van der Waals surface area (Å²) in [6.45, 7) is 4.04. The lowest BCUT2D eigenvalue weighted by Crippen LogP contribution is -2.13. The highest BCUT2D eigenvalue weighted by atomic mass is 79.9. The number of nitrogens with two attached hydrogens (primary N) is 1. The second-order valence-electron chi connectivity index (χ2n) is 4.49. The predicted molar refractivity (Wildman–Crippen MR) is 81.1 cm³/mol. The van der Waals surface area contributed by atoms with E-state index in [9.17, 15) is 0 Å². The van der Waals surface area contributed by atoms with Crippen molar-refractivity contribution < 1.29 is 0 Å². The minimum atomic E-state index is -0.117. The lowest BCUT2D eigenvalue weighted by molar-refractivity contribution is 0.859. The molecule has 2 rings (SSSR count). The molecule has 94 valence electrons. The van der Waals surface area contributed by atoms with Gasteiger partial charge in [0.2, 0.25) is 0 Å². The van der Waals surface area contributed by atoms with E-state index in [1.807, 2.05) is 44.2 Å². The van der Waals surface area contributed by atoms with Crippen LogP contribution < -0.4 is 5.73 Å². The lowest BCUT2D eigenvalue weighted by atomic mass is 9.94. The van der Waals surface area contributed by atoms with E-state index in [4.69, 9.17) is 17.3 Å². The summed E-state index contributed by atoms with van der Waals surface area (Å²) in [5.74, 6) is 0. The van der Waals surface area contributed by atoms with Crippen molar-refractivity contribution in [2.45, 2.75) is 19.9 Å². The minimum Gasteiger partial charge on any atom is -0.320 e. The fourth-order valence-electron chi connectivity index (χ4n) is 1.99. The molecule has 0 spiro atoms. The van der Waals surface area contributed by atoms with E-state index in [1.54, 1.807) is 0 Å². The Balaban J connectivity index is 2.42. The van der Waals surface area contributed by atoms with E-state index in [2.05, 4.69) is 22.0 Å². The Labute approximate surface area is 121 Å². The molecule has 18 heavy (non-hydrogen) atoms. The molecule has 0 amide bonds. The van der Waals surface area contributed by atoms with Gasteiger partial charge in [-0.2, -0.15) is 0 Å². The Bertz CT molecular complexity index is 563. The molecule has 0 bridgehead atoms. The Morgan fingerprint density at radius 2 is 1.67 bits per heavy atom. The molecule has 2 aromatic rings. The third-order valence-corrected chi connectivity index (χ3v) is 4.05. The molecule has 0 saturated heterocycles. The van der Waals surface area contributed by atoms with Crippen molar-refractivity contribution in [3.8, 4) is 0 Å². The van der Waals surface area contributed by atoms with Gasteiger partial charge in [0.25, 0.3) is 0 Å². The van der Waals surface area contributed by atoms with E-state index in [-0.39, 0.29) is 6.04 Å². The van der Waals surface area contributed by atoms with Crippen LogP contribution in [0.1, 0.15) is 28.3 Å². The molecular weight excluding hydrogens is 310 g/mol. The fourth-order valence-corrected chi connectivity index (χ4v) is 2.47. The highest BCUT2D eigenvalue weighted by Crippen LogP contribution is 2.28. The zero-order valence-electron chi connectivity index (χ0n) is 10.4. The predicted octanol–water partition coefficient (Wildman–Crippen LogP) is 4.77. The van der Waals surface area contributed by atoms with Gasteiger partial charge in [-0.3, -0.25) is 0 Å². The maximum atomic E-state index is 6.33. The zero-order chi connectivity index (χ0) is 13.3. The Kier molecular flexibility index (Phi) is 4.10. The molecule has 0 saturated carbocycles. The fraction of sp³-hybridized carbons (Fsp3) is 0.200. The Morgan fingerprint density at radius 3 is 2.28 bits per heavy atom. The number of rotatable bonds is 2. The number of hydrogen-bond acceptors (Lipinski definition) is 1. The lowest BCUT2D eigenvalue weighted by Gasteiger charge is -2.17. The van der Waals surface area contributed by atoms with Crippen molar-refractivity contribution in [2.75, 3.05) is 0 Å². The average Bonchev–Trinajstić information content (AvgIpc) is 2.34. The van der Waals surface area contributed by atoms with Gasteiger partial charge in [0, 0.05) is 9.50 Å². The molecule has 0 fully saturated rings. The first-order chi connectivity index (χ1) is 8.49. The van der Waals surface area contributed by atoms with Gasteiger partial charge < -0.3 is 5.73 Å². The largest absolute Gasteiger partial charge is 0.320 e. The van der Waals surface area contributed by atoms with Crippen LogP contribution in [-0.4, -0.2) is 0 Å². The normalized spacial score (nSPS) is 12.5. The van der Waals surface area contributed by atoms with Crippen molar-refractivity contribution in [3.63, 3.8) is 0 Å². The molecule has 0 heterocycles. The van der Waals surface area contributed by atoms with Crippen LogP contribution in [0.2, 0.25) is 5.02 Å². The summed E-state index contributed by atoms with van der Waals surface area (Å²) in [5, 5.41) is 0.791. The molecule has 2 aromatic carbocycles. The van der Waals surface area contributed by atoms with Crippen LogP contribution >= 0.6 is 27.5 Å². The molecule has 0 aliphatic rings. The second kappa shape index (κ2) is 5.43. The van der Waals surface area contributed by atoms with E-state index >= 15 is 0 Å². The van der Waals surface area contributed by atoms with Crippen LogP contribution in [0.3, 0.4) is 0 Å². The topological polar surface area (TPSA) is 26.0 Å². The monoisotopic (exact) mass is 323 g/mol. The summed E-state index contributed by atoms with van der Waals surface area (Å²) in [6, 6.07) is 12.0. The van der Waals surface area contributed by atoms with Gasteiger partial charge in [0.05, 0.1) is 6.04 Å². The van der Waals surface area contributed by atoms with E-state index in [0.717, 1.165) is 31.7 Å². The van der Waals surface area contributed by atoms with Gasteiger partial charge in [-0.1, -0.05) is 45.7 Å². The van der Waals surface area contributed by atoms with Gasteiger partial charge in [-0.25, -0.2) is 0 Å². The molecule has 1 unspecified atom stereocenters. The maximum absolute atomic E-state index is 6.33. The molecular formula is C15H15BrClN. The minimum absolute atomic E-state index is 0.117. The number of halogens is 2. The first kappa shape index (κ1) is 13.6. The molecule has 0 aliphatic heterocycles. The molecule has 2 N–H and O–H groups in total. The van der Waals surface area contributed by atoms with Gasteiger partial charge >= 0.3 is 0 Å². The highest BCUT2D eigenvalue weighted by molar-refractivity contribution is 9.10. The van der Waals surface area contributed by atoms with Crippen molar-refractivity contribution in [1.82, 2.24) is 0 Å². The summed E-state index contributed by atoms with van der Waals surface area (Å²) in [4.78, 5) is 0. The first-order valence-electron chi connectivity index (χ1n) is 5.76. The summed E-state index contributed by atoms with van der Waals surface area (Å²) in [6.07, 6.45) is 0. The smallest absolute Gasteiger partial charge is 0.0554 e. The molecule has 1 nitrogen and oxygen atoms in total. The van der Waals surface area contributed by atoms with Crippen molar-refractivity contribution in [3.05, 3.63) is 68.1 Å². The van der Waals surface area contributed by atoms with Crippen molar-refractivity contribution >= 4 is 27.5 Å². The quantitative estimate of drug-likeness (QED) is 0.846. The summed E-state index contributed by atoms with van der Waals surface area (Å²) in [5.41, 5.74) is 10.7. The molecule has 0 aromatic heterocycles. The number of hydrogen-bond donors (Lipinski definition) is 1. The first-order valence-corrected chi connectivity index (χ1v) is 6.94. The summed E-state index contributed by atoms with van der Waals surface area (Å²) >= 11 is 9.54. The highest BCUT2D eigenvalue weighted by Gasteiger charge is 2.13. The third kappa shape index (κ3) is 2.77. The standard InChI is InChI=1S/C15H15BrClN/c1-9-8-14(17)10(2)7-13(9)15(18)11-3-5-12(16)6-4-11/h3-8,15H,18H2,1-2H3. The molecule has 1 atom stereocenters. The SMILES string of the molecule is Cc1cc(C(N)c2ccc(Br)cc2)c(C)cc1Cl. The van der Waals surface area contributed by atoms with Gasteiger partial charge in [0.15, 0.2) is 0 Å². The van der Waals surface area contributed by atoms with Crippen molar-refractivity contribution in [1.29, 1.82) is 0 Å². The van der Waals surface area contributed by atoms with Crippen LogP contribution in [0.25, 0.3) is 0 Å². The van der Waals surface area contributed by atoms with Crippen molar-refractivity contribution in [2.24, 2.45) is 5.73 Å². The van der Waals surface area contributed by atoms with Crippen LogP contribution in [0.15, 0.2) is 40.9 Å². The Morgan fingerprint density at radius 1 is 1.06 bits per heavy atom. The van der Waals surface area contributed by atoms with Crippen LogP contribution in [0.4, 0.5) is 0 Å². The zero-order valence-corrected chi connectivity index (χ0v) is 12.7. The van der Waals surface area contributed by atoms with Crippen LogP contribution in [0.5, 0.6) is 0 Å². The summed E-state index contributed by atoms with van der Waals surface area (Å²) in [7, 11) is 0. The third-order valence-electron chi connectivity index (χ3n) is 3.11. The Hall–Kier alpha value is -0.830. The van der Waals surface area contributed by atoms with E-state index in [1.165, 1.54) is 0 Å². The number of aryl methyl sites for hydroxylation is 2. The number of benzene rings is 2. The summed E-state index contributed by atoms with van der Waals surface area (Å²) < 4.78 is 1.06. The molecule has 3 heteroatoms. The van der Waals surface area contributed by atoms with Gasteiger partial charge in [-0.15, -0.1) is 0 Å². The molecule has 0 radical (unpaired) electrons. The van der Waals surface area contributed by atoms with E-state index < -0.39 is 0 Å². The second-order valence-corrected chi connectivity index (χ2v) is 5.81. The van der Waals surface area contributed by atoms with Gasteiger partial charge in [-0.05, 0) is 54.3 Å². The van der Waals surface area contributed by atoms with Crippen LogP contribution in [0, 0.1) is 13.8 Å². The van der Waals surface area contributed by atoms with Gasteiger partial charge in [0.1, 0.15) is 0 Å². The van der Waals surface area contributed by atoms with Crippen LogP contribution in [-0.2, 0) is 0 Å².